The first-order valence-corrected chi connectivity index (χ1v) is 9.19. The highest BCUT2D eigenvalue weighted by molar-refractivity contribution is 6.04. The number of amides is 1. The molecule has 1 aromatic heterocycles. The van der Waals surface area contributed by atoms with Gasteiger partial charge in [-0.15, -0.1) is 0 Å². The number of ether oxygens (including phenoxy) is 1. The minimum atomic E-state index is -0.401. The molecule has 1 aliphatic rings. The first kappa shape index (κ1) is 19.1. The Morgan fingerprint density at radius 2 is 2.04 bits per heavy atom. The highest BCUT2D eigenvalue weighted by Crippen LogP contribution is 2.36. The van der Waals surface area contributed by atoms with Crippen LogP contribution in [0.25, 0.3) is 0 Å². The number of hydrogen-bond acceptors (Lipinski definition) is 3. The standard InChI is InChI=1S/C21H25FN2O3/c1-13-18-15(11-21(2,3)12-16(18)25)24-19(13)20(26)23-9-6-10-27-17-8-5-4-7-14(17)22/h4-5,7-8,24H,6,9-12H2,1-3H3,(H,23,26). The maximum Gasteiger partial charge on any atom is 0.268 e. The Balaban J connectivity index is 1.55. The second kappa shape index (κ2) is 7.55. The minimum Gasteiger partial charge on any atom is -0.490 e. The van der Waals surface area contributed by atoms with Gasteiger partial charge in [0.05, 0.1) is 6.61 Å². The zero-order chi connectivity index (χ0) is 19.6. The smallest absolute Gasteiger partial charge is 0.268 e. The van der Waals surface area contributed by atoms with Crippen LogP contribution in [-0.2, 0) is 6.42 Å². The predicted molar refractivity (Wildman–Crippen MR) is 101 cm³/mol. The second-order valence-electron chi connectivity index (χ2n) is 7.81. The summed E-state index contributed by atoms with van der Waals surface area (Å²) in [6.45, 7) is 6.62. The van der Waals surface area contributed by atoms with Gasteiger partial charge in [-0.05, 0) is 42.9 Å². The minimum absolute atomic E-state index is 0.0901. The molecule has 1 heterocycles. The molecule has 3 rings (SSSR count). The van der Waals surface area contributed by atoms with Gasteiger partial charge in [0.25, 0.3) is 5.91 Å². The molecular formula is C21H25FN2O3. The zero-order valence-electron chi connectivity index (χ0n) is 15.9. The molecule has 1 aromatic carbocycles. The Bertz CT molecular complexity index is 870. The molecule has 0 unspecified atom stereocenters. The molecule has 5 nitrogen and oxygen atoms in total. The van der Waals surface area contributed by atoms with E-state index in [2.05, 4.69) is 24.1 Å². The number of carbonyl (C=O) groups is 2. The van der Waals surface area contributed by atoms with E-state index in [9.17, 15) is 14.0 Å². The van der Waals surface area contributed by atoms with E-state index in [1.54, 1.807) is 18.2 Å². The number of aromatic amines is 1. The quantitative estimate of drug-likeness (QED) is 0.758. The van der Waals surface area contributed by atoms with Gasteiger partial charge in [0.15, 0.2) is 17.3 Å². The summed E-state index contributed by atoms with van der Waals surface area (Å²) in [5.74, 6) is -0.342. The first-order chi connectivity index (χ1) is 12.8. The number of nitrogens with one attached hydrogen (secondary N) is 2. The summed E-state index contributed by atoms with van der Waals surface area (Å²) in [6.07, 6.45) is 1.79. The van der Waals surface area contributed by atoms with Crippen LogP contribution in [-0.4, -0.2) is 29.8 Å². The van der Waals surface area contributed by atoms with E-state index in [1.807, 2.05) is 6.92 Å². The fourth-order valence-corrected chi connectivity index (χ4v) is 3.57. The summed E-state index contributed by atoms with van der Waals surface area (Å²) >= 11 is 0. The lowest BCUT2D eigenvalue weighted by Crippen LogP contribution is -2.26. The molecule has 2 N–H and O–H groups in total. The molecular weight excluding hydrogens is 347 g/mol. The Morgan fingerprint density at radius 3 is 2.78 bits per heavy atom. The molecule has 0 aliphatic heterocycles. The number of rotatable bonds is 6. The van der Waals surface area contributed by atoms with Gasteiger partial charge in [0.1, 0.15) is 5.69 Å². The molecule has 144 valence electrons. The van der Waals surface area contributed by atoms with Gasteiger partial charge in [0, 0.05) is 24.2 Å². The number of hydrogen-bond donors (Lipinski definition) is 2. The number of ketones is 1. The van der Waals surface area contributed by atoms with Gasteiger partial charge in [0.2, 0.25) is 0 Å². The number of benzene rings is 1. The van der Waals surface area contributed by atoms with Crippen molar-refractivity contribution >= 4 is 11.7 Å². The summed E-state index contributed by atoms with van der Waals surface area (Å²) in [4.78, 5) is 28.1. The number of carbonyl (C=O) groups excluding carboxylic acids is 2. The van der Waals surface area contributed by atoms with Gasteiger partial charge >= 0.3 is 0 Å². The van der Waals surface area contributed by atoms with Crippen molar-refractivity contribution in [3.05, 3.63) is 52.6 Å². The van der Waals surface area contributed by atoms with Crippen molar-refractivity contribution in [3.8, 4) is 5.75 Å². The van der Waals surface area contributed by atoms with Gasteiger partial charge in [-0.1, -0.05) is 26.0 Å². The van der Waals surface area contributed by atoms with Crippen molar-refractivity contribution < 1.29 is 18.7 Å². The van der Waals surface area contributed by atoms with Crippen LogP contribution < -0.4 is 10.1 Å². The van der Waals surface area contributed by atoms with Crippen LogP contribution in [0.1, 0.15) is 58.8 Å². The summed E-state index contributed by atoms with van der Waals surface area (Å²) in [6, 6.07) is 6.22. The average Bonchev–Trinajstić information content (AvgIpc) is 2.91. The summed E-state index contributed by atoms with van der Waals surface area (Å²) in [7, 11) is 0. The Kier molecular flexibility index (Phi) is 5.35. The van der Waals surface area contributed by atoms with Crippen LogP contribution in [0.5, 0.6) is 5.75 Å². The van der Waals surface area contributed by atoms with E-state index in [0.717, 1.165) is 12.1 Å². The van der Waals surface area contributed by atoms with Gasteiger partial charge in [-0.2, -0.15) is 0 Å². The van der Waals surface area contributed by atoms with E-state index in [1.165, 1.54) is 6.07 Å². The van der Waals surface area contributed by atoms with Crippen molar-refractivity contribution in [2.24, 2.45) is 5.41 Å². The van der Waals surface area contributed by atoms with E-state index in [-0.39, 0.29) is 22.9 Å². The van der Waals surface area contributed by atoms with Crippen molar-refractivity contribution in [2.45, 2.75) is 40.0 Å². The zero-order valence-corrected chi connectivity index (χ0v) is 15.9. The molecule has 0 spiro atoms. The molecule has 0 radical (unpaired) electrons. The highest BCUT2D eigenvalue weighted by Gasteiger charge is 2.35. The van der Waals surface area contributed by atoms with Crippen LogP contribution in [0.3, 0.4) is 0 Å². The number of fused-ring (bicyclic) bond motifs is 1. The van der Waals surface area contributed by atoms with Crippen molar-refractivity contribution in [3.63, 3.8) is 0 Å². The number of para-hydroxylation sites is 1. The molecule has 27 heavy (non-hydrogen) atoms. The topological polar surface area (TPSA) is 71.2 Å². The van der Waals surface area contributed by atoms with Crippen LogP contribution in [0.2, 0.25) is 0 Å². The van der Waals surface area contributed by atoms with Crippen molar-refractivity contribution in [1.29, 1.82) is 0 Å². The normalized spacial score (nSPS) is 15.3. The largest absolute Gasteiger partial charge is 0.490 e. The van der Waals surface area contributed by atoms with E-state index in [4.69, 9.17) is 4.74 Å². The third kappa shape index (κ3) is 4.21. The van der Waals surface area contributed by atoms with Crippen molar-refractivity contribution in [1.82, 2.24) is 10.3 Å². The highest BCUT2D eigenvalue weighted by atomic mass is 19.1. The van der Waals surface area contributed by atoms with E-state index in [0.29, 0.717) is 42.8 Å². The third-order valence-corrected chi connectivity index (χ3v) is 4.83. The summed E-state index contributed by atoms with van der Waals surface area (Å²) in [5, 5.41) is 2.83. The summed E-state index contributed by atoms with van der Waals surface area (Å²) < 4.78 is 18.8. The third-order valence-electron chi connectivity index (χ3n) is 4.83. The fraction of sp³-hybridized carbons (Fsp3) is 0.429. The lowest BCUT2D eigenvalue weighted by molar-refractivity contribution is 0.0909. The molecule has 6 heteroatoms. The maximum absolute atomic E-state index is 13.5. The van der Waals surface area contributed by atoms with Gasteiger partial charge in [-0.3, -0.25) is 9.59 Å². The van der Waals surface area contributed by atoms with E-state index >= 15 is 0 Å². The molecule has 0 saturated heterocycles. The summed E-state index contributed by atoms with van der Waals surface area (Å²) in [5.41, 5.74) is 2.58. The molecule has 0 saturated carbocycles. The number of halogens is 1. The predicted octanol–water partition coefficient (Wildman–Crippen LogP) is 3.82. The monoisotopic (exact) mass is 372 g/mol. The molecule has 0 atom stereocenters. The molecule has 0 fully saturated rings. The van der Waals surface area contributed by atoms with Crippen LogP contribution >= 0.6 is 0 Å². The Hall–Kier alpha value is -2.63. The van der Waals surface area contributed by atoms with E-state index < -0.39 is 5.82 Å². The first-order valence-electron chi connectivity index (χ1n) is 9.19. The number of Topliss-reactive ketones (excluding diaryl/α,β-unsaturated/α-hetero) is 1. The Labute approximate surface area is 158 Å². The number of aromatic nitrogens is 1. The van der Waals surface area contributed by atoms with Crippen LogP contribution in [0.15, 0.2) is 24.3 Å². The molecule has 1 amide bonds. The van der Waals surface area contributed by atoms with Crippen LogP contribution in [0, 0.1) is 18.2 Å². The molecule has 0 bridgehead atoms. The lowest BCUT2D eigenvalue weighted by Gasteiger charge is -2.28. The van der Waals surface area contributed by atoms with Crippen molar-refractivity contribution in [2.75, 3.05) is 13.2 Å². The Morgan fingerprint density at radius 1 is 1.30 bits per heavy atom. The fourth-order valence-electron chi connectivity index (χ4n) is 3.57. The SMILES string of the molecule is Cc1c(C(=O)NCCCOc2ccccc2F)[nH]c2c1C(=O)CC(C)(C)C2. The van der Waals surface area contributed by atoms with Crippen LogP contribution in [0.4, 0.5) is 4.39 Å². The van der Waals surface area contributed by atoms with Gasteiger partial charge in [-0.25, -0.2) is 4.39 Å². The second-order valence-corrected chi connectivity index (χ2v) is 7.81. The average molecular weight is 372 g/mol. The number of H-pyrrole nitrogens is 1. The van der Waals surface area contributed by atoms with Gasteiger partial charge < -0.3 is 15.0 Å². The lowest BCUT2D eigenvalue weighted by atomic mass is 9.75. The molecule has 1 aliphatic carbocycles. The molecule has 2 aromatic rings. The maximum atomic E-state index is 13.5.